The van der Waals surface area contributed by atoms with Gasteiger partial charge in [0.1, 0.15) is 12.4 Å². The predicted octanol–water partition coefficient (Wildman–Crippen LogP) is 0.926. The molecule has 2 rings (SSSR count). The quantitative estimate of drug-likeness (QED) is 0.599. The summed E-state index contributed by atoms with van der Waals surface area (Å²) in [7, 11) is -1.12. The van der Waals surface area contributed by atoms with E-state index in [2.05, 4.69) is 40.6 Å². The molecule has 0 amide bonds. The normalized spacial score (nSPS) is 11.5. The van der Waals surface area contributed by atoms with Gasteiger partial charge in [0.05, 0.1) is 5.56 Å². The molecule has 2 aromatic heterocycles. The number of aromatic carboxylic acids is 1. The van der Waals surface area contributed by atoms with Crippen LogP contribution in [0.5, 0.6) is 0 Å². The van der Waals surface area contributed by atoms with E-state index in [1.54, 1.807) is 23.0 Å². The molecular weight excluding hydrogens is 359 g/mol. The van der Waals surface area contributed by atoms with Crippen LogP contribution in [0.15, 0.2) is 22.9 Å². The minimum absolute atomic E-state index is 0. The molecule has 1 N–H and O–H groups in total. The maximum Gasteiger partial charge on any atom is 1.00 e. The van der Waals surface area contributed by atoms with Crippen molar-refractivity contribution in [2.75, 3.05) is 6.61 Å². The summed E-state index contributed by atoms with van der Waals surface area (Å²) in [5.74, 6) is -0.963. The van der Waals surface area contributed by atoms with Crippen molar-refractivity contribution < 1.29 is 34.9 Å². The van der Waals surface area contributed by atoms with Gasteiger partial charge < -0.3 is 15.8 Å². The number of carboxylic acid groups (broad SMARTS) is 1. The van der Waals surface area contributed by atoms with Gasteiger partial charge in [0.15, 0.2) is 0 Å². The van der Waals surface area contributed by atoms with Crippen LogP contribution in [-0.2, 0) is 11.5 Å². The first-order valence-electron chi connectivity index (χ1n) is 6.74. The molecule has 0 saturated carbocycles. The Labute approximate surface area is 152 Å². The maximum absolute atomic E-state index is 11.3. The van der Waals surface area contributed by atoms with Crippen LogP contribution in [0.1, 0.15) is 11.8 Å². The summed E-state index contributed by atoms with van der Waals surface area (Å²) in [4.78, 5) is 15.6. The molecule has 5 nitrogen and oxygen atoms in total. The Balaban J connectivity index is 0.00000242. The van der Waals surface area contributed by atoms with Crippen LogP contribution in [-0.4, -0.2) is 35.3 Å². The van der Waals surface area contributed by atoms with E-state index in [1.807, 2.05) is 0 Å². The third kappa shape index (κ3) is 4.70. The molecule has 0 saturated heterocycles. The molecule has 0 aromatic carbocycles. The maximum atomic E-state index is 11.3. The molecule has 8 heteroatoms. The first kappa shape index (κ1) is 19.5. The smallest absolute Gasteiger partial charge is 1.00 e. The fourth-order valence-corrected chi connectivity index (χ4v) is 3.24. The van der Waals surface area contributed by atoms with Crippen molar-refractivity contribution in [1.29, 1.82) is 0 Å². The van der Waals surface area contributed by atoms with E-state index >= 15 is 0 Å². The van der Waals surface area contributed by atoms with E-state index in [1.165, 1.54) is 0 Å². The SMILES string of the molecule is C[Si](C)(C)CCOCn1cc(C(=O)O)c2c(Br)ccnc21.[H-].[Li+]. The van der Waals surface area contributed by atoms with E-state index in [9.17, 15) is 9.90 Å². The van der Waals surface area contributed by atoms with Crippen molar-refractivity contribution in [3.05, 3.63) is 28.5 Å². The number of halogens is 1. The molecule has 0 aliphatic rings. The Hall–Kier alpha value is -0.586. The van der Waals surface area contributed by atoms with Gasteiger partial charge in [-0.1, -0.05) is 19.6 Å². The number of nitrogens with zero attached hydrogens (tertiary/aromatic N) is 2. The second-order valence-corrected chi connectivity index (χ2v) is 12.6. The monoisotopic (exact) mass is 378 g/mol. The summed E-state index contributed by atoms with van der Waals surface area (Å²) in [5.41, 5.74) is 0.855. The largest absolute Gasteiger partial charge is 1.00 e. The molecule has 116 valence electrons. The Kier molecular flexibility index (Phi) is 6.90. The van der Waals surface area contributed by atoms with E-state index in [0.717, 1.165) is 10.5 Å². The van der Waals surface area contributed by atoms with Crippen LogP contribution in [0.4, 0.5) is 0 Å². The molecule has 22 heavy (non-hydrogen) atoms. The molecule has 2 heterocycles. The number of carbonyl (C=O) groups is 1. The van der Waals surface area contributed by atoms with Gasteiger partial charge in [-0.15, -0.1) is 0 Å². The van der Waals surface area contributed by atoms with Crippen LogP contribution in [0, 0.1) is 0 Å². The van der Waals surface area contributed by atoms with Crippen molar-refractivity contribution in [3.8, 4) is 0 Å². The number of carboxylic acids is 1. The summed E-state index contributed by atoms with van der Waals surface area (Å²) in [6, 6.07) is 2.82. The molecule has 2 aromatic rings. The molecule has 0 atom stereocenters. The van der Waals surface area contributed by atoms with Gasteiger partial charge in [-0.25, -0.2) is 9.78 Å². The molecular formula is C14H20BrLiN2O3Si. The first-order chi connectivity index (χ1) is 9.79. The molecule has 0 unspecified atom stereocenters. The number of aromatic nitrogens is 2. The number of fused-ring (bicyclic) bond motifs is 1. The fourth-order valence-electron chi connectivity index (χ4n) is 1.98. The molecule has 0 spiro atoms. The summed E-state index contributed by atoms with van der Waals surface area (Å²) in [6.45, 7) is 7.89. The Bertz CT molecular complexity index is 676. The third-order valence-corrected chi connectivity index (χ3v) is 5.53. The second-order valence-electron chi connectivity index (χ2n) is 6.16. The van der Waals surface area contributed by atoms with E-state index in [-0.39, 0.29) is 25.9 Å². The van der Waals surface area contributed by atoms with Gasteiger partial charge in [0.25, 0.3) is 0 Å². The van der Waals surface area contributed by atoms with E-state index in [4.69, 9.17) is 4.74 Å². The second kappa shape index (κ2) is 7.80. The summed E-state index contributed by atoms with van der Waals surface area (Å²) in [5, 5.41) is 9.91. The average Bonchev–Trinajstić information content (AvgIpc) is 2.74. The molecule has 0 aliphatic carbocycles. The van der Waals surface area contributed by atoms with Crippen molar-refractivity contribution in [3.63, 3.8) is 0 Å². The number of pyridine rings is 1. The fraction of sp³-hybridized carbons (Fsp3) is 0.429. The van der Waals surface area contributed by atoms with Gasteiger partial charge in [0, 0.05) is 36.9 Å². The van der Waals surface area contributed by atoms with Gasteiger partial charge in [0.2, 0.25) is 0 Å². The predicted molar refractivity (Wildman–Crippen MR) is 89.6 cm³/mol. The van der Waals surface area contributed by atoms with Crippen LogP contribution in [0.3, 0.4) is 0 Å². The van der Waals surface area contributed by atoms with Crippen molar-refractivity contribution in [2.24, 2.45) is 0 Å². The average molecular weight is 379 g/mol. The van der Waals surface area contributed by atoms with Crippen LogP contribution in [0.25, 0.3) is 11.0 Å². The van der Waals surface area contributed by atoms with Gasteiger partial charge in [-0.05, 0) is 28.0 Å². The van der Waals surface area contributed by atoms with Crippen molar-refractivity contribution >= 4 is 41.0 Å². The number of hydrogen-bond donors (Lipinski definition) is 1. The molecule has 0 aliphatic heterocycles. The summed E-state index contributed by atoms with van der Waals surface area (Å²) < 4.78 is 8.16. The van der Waals surface area contributed by atoms with E-state index in [0.29, 0.717) is 24.4 Å². The van der Waals surface area contributed by atoms with Crippen LogP contribution >= 0.6 is 15.9 Å². The zero-order valence-electron chi connectivity index (χ0n) is 14.4. The Morgan fingerprint density at radius 1 is 1.50 bits per heavy atom. The van der Waals surface area contributed by atoms with Crippen LogP contribution < -0.4 is 18.9 Å². The van der Waals surface area contributed by atoms with E-state index < -0.39 is 14.0 Å². The minimum atomic E-state index is -1.12. The molecule has 0 fully saturated rings. The molecule has 0 bridgehead atoms. The van der Waals surface area contributed by atoms with Crippen molar-refractivity contribution in [1.82, 2.24) is 9.55 Å². The summed E-state index contributed by atoms with van der Waals surface area (Å²) >= 11 is 3.39. The zero-order chi connectivity index (χ0) is 15.6. The van der Waals surface area contributed by atoms with Gasteiger partial charge >= 0.3 is 24.8 Å². The Morgan fingerprint density at radius 2 is 2.18 bits per heavy atom. The topological polar surface area (TPSA) is 64.3 Å². The first-order valence-corrected chi connectivity index (χ1v) is 11.2. The molecule has 0 radical (unpaired) electrons. The number of rotatable bonds is 6. The summed E-state index contributed by atoms with van der Waals surface area (Å²) in [6.07, 6.45) is 3.23. The van der Waals surface area contributed by atoms with Gasteiger partial charge in [-0.2, -0.15) is 0 Å². The third-order valence-electron chi connectivity index (χ3n) is 3.16. The van der Waals surface area contributed by atoms with Gasteiger partial charge in [-0.3, -0.25) is 0 Å². The zero-order valence-corrected chi connectivity index (χ0v) is 16.0. The number of ether oxygens (including phenoxy) is 1. The van der Waals surface area contributed by atoms with Crippen LogP contribution in [0.2, 0.25) is 25.7 Å². The standard InChI is InChI=1S/C14H19BrN2O3Si.Li.H/c1-21(2,3)7-6-20-9-17-8-10(14(18)19)12-11(15)4-5-16-13(12)17;;/h4-5,8H,6-7,9H2,1-3H3,(H,18,19);;/q;+1;-1. The van der Waals surface area contributed by atoms with Crippen molar-refractivity contribution in [2.45, 2.75) is 32.4 Å². The number of hydrogen-bond acceptors (Lipinski definition) is 3. The Morgan fingerprint density at radius 3 is 2.77 bits per heavy atom. The minimum Gasteiger partial charge on any atom is -1.00 e.